The molecule has 2 unspecified atom stereocenters. The van der Waals surface area contributed by atoms with Crippen LogP contribution in [0.4, 0.5) is 0 Å². The molecular formula is C19H22O2. The molecule has 3 rings (SSSR count). The second kappa shape index (κ2) is 5.90. The first-order valence-corrected chi connectivity index (χ1v) is 7.67. The van der Waals surface area contributed by atoms with Crippen LogP contribution < -0.4 is 4.74 Å². The number of rotatable bonds is 3. The number of aryl methyl sites for hydroxylation is 1. The lowest BCUT2D eigenvalue weighted by Crippen LogP contribution is -2.30. The normalized spacial score (nSPS) is 21.1. The Morgan fingerprint density at radius 1 is 1.10 bits per heavy atom. The second-order valence-corrected chi connectivity index (χ2v) is 6.07. The topological polar surface area (TPSA) is 29.5 Å². The number of ether oxygens (including phenoxy) is 1. The SMILES string of the molecule is CC(C)c1cccc(OC2CCc3ccccc3C2O)c1. The van der Waals surface area contributed by atoms with E-state index in [9.17, 15) is 5.11 Å². The molecular weight excluding hydrogens is 260 g/mol. The molecule has 0 bridgehead atoms. The molecule has 0 heterocycles. The van der Waals surface area contributed by atoms with Gasteiger partial charge in [0, 0.05) is 0 Å². The number of fused-ring (bicyclic) bond motifs is 1. The minimum atomic E-state index is -0.544. The van der Waals surface area contributed by atoms with Crippen LogP contribution >= 0.6 is 0 Å². The van der Waals surface area contributed by atoms with Gasteiger partial charge in [-0.05, 0) is 47.6 Å². The van der Waals surface area contributed by atoms with E-state index in [1.807, 2.05) is 30.3 Å². The largest absolute Gasteiger partial charge is 0.487 e. The fraction of sp³-hybridized carbons (Fsp3) is 0.368. The summed E-state index contributed by atoms with van der Waals surface area (Å²) in [5.74, 6) is 1.33. The number of hydrogen-bond donors (Lipinski definition) is 1. The summed E-state index contributed by atoms with van der Waals surface area (Å²) in [5.41, 5.74) is 3.51. The predicted octanol–water partition coefficient (Wildman–Crippen LogP) is 4.24. The van der Waals surface area contributed by atoms with Gasteiger partial charge in [-0.25, -0.2) is 0 Å². The summed E-state index contributed by atoms with van der Waals surface area (Å²) >= 11 is 0. The van der Waals surface area contributed by atoms with Crippen LogP contribution in [0.25, 0.3) is 0 Å². The van der Waals surface area contributed by atoms with Gasteiger partial charge in [-0.2, -0.15) is 0 Å². The van der Waals surface area contributed by atoms with Gasteiger partial charge in [0.2, 0.25) is 0 Å². The molecule has 0 amide bonds. The van der Waals surface area contributed by atoms with Crippen molar-refractivity contribution in [2.75, 3.05) is 0 Å². The molecule has 0 aliphatic heterocycles. The van der Waals surface area contributed by atoms with Crippen LogP contribution in [-0.2, 0) is 6.42 Å². The standard InChI is InChI=1S/C19H22O2/c1-13(2)15-7-5-8-16(12-15)21-18-11-10-14-6-3-4-9-17(14)19(18)20/h3-9,12-13,18-20H,10-11H2,1-2H3. The van der Waals surface area contributed by atoms with Gasteiger partial charge in [-0.1, -0.05) is 50.2 Å². The minimum Gasteiger partial charge on any atom is -0.487 e. The van der Waals surface area contributed by atoms with E-state index < -0.39 is 6.10 Å². The Morgan fingerprint density at radius 2 is 1.90 bits per heavy atom. The van der Waals surface area contributed by atoms with Crippen molar-refractivity contribution in [2.45, 2.75) is 44.8 Å². The summed E-state index contributed by atoms with van der Waals surface area (Å²) in [7, 11) is 0. The van der Waals surface area contributed by atoms with E-state index in [1.165, 1.54) is 11.1 Å². The van der Waals surface area contributed by atoms with Crippen LogP contribution in [0, 0.1) is 0 Å². The molecule has 2 aromatic carbocycles. The van der Waals surface area contributed by atoms with Crippen molar-refractivity contribution < 1.29 is 9.84 Å². The van der Waals surface area contributed by atoms with Crippen molar-refractivity contribution in [1.82, 2.24) is 0 Å². The van der Waals surface area contributed by atoms with Crippen molar-refractivity contribution >= 4 is 0 Å². The van der Waals surface area contributed by atoms with Crippen molar-refractivity contribution in [3.8, 4) is 5.75 Å². The summed E-state index contributed by atoms with van der Waals surface area (Å²) in [6, 6.07) is 16.3. The summed E-state index contributed by atoms with van der Waals surface area (Å²) in [4.78, 5) is 0. The van der Waals surface area contributed by atoms with Gasteiger partial charge < -0.3 is 9.84 Å². The molecule has 1 N–H and O–H groups in total. The van der Waals surface area contributed by atoms with Crippen LogP contribution in [-0.4, -0.2) is 11.2 Å². The van der Waals surface area contributed by atoms with Gasteiger partial charge in [-0.3, -0.25) is 0 Å². The average Bonchev–Trinajstić information content (AvgIpc) is 2.51. The fourth-order valence-corrected chi connectivity index (χ4v) is 2.95. The summed E-state index contributed by atoms with van der Waals surface area (Å²) in [6.45, 7) is 4.34. The first kappa shape index (κ1) is 14.2. The highest BCUT2D eigenvalue weighted by molar-refractivity contribution is 5.34. The Labute approximate surface area is 126 Å². The monoisotopic (exact) mass is 282 g/mol. The summed E-state index contributed by atoms with van der Waals surface area (Å²) in [5, 5.41) is 10.5. The second-order valence-electron chi connectivity index (χ2n) is 6.07. The summed E-state index contributed by atoms with van der Waals surface area (Å²) in [6.07, 6.45) is 1.10. The number of benzene rings is 2. The number of aliphatic hydroxyl groups excluding tert-OH is 1. The van der Waals surface area contributed by atoms with E-state index in [2.05, 4.69) is 32.0 Å². The third-order valence-corrected chi connectivity index (χ3v) is 4.24. The lowest BCUT2D eigenvalue weighted by atomic mass is 9.87. The molecule has 0 fully saturated rings. The fourth-order valence-electron chi connectivity index (χ4n) is 2.95. The highest BCUT2D eigenvalue weighted by Crippen LogP contribution is 2.33. The minimum absolute atomic E-state index is 0.165. The predicted molar refractivity (Wildman–Crippen MR) is 84.7 cm³/mol. The maximum atomic E-state index is 10.5. The van der Waals surface area contributed by atoms with Gasteiger partial charge in [0.25, 0.3) is 0 Å². The van der Waals surface area contributed by atoms with Crippen molar-refractivity contribution in [1.29, 1.82) is 0 Å². The molecule has 0 radical (unpaired) electrons. The van der Waals surface area contributed by atoms with E-state index in [0.717, 1.165) is 24.2 Å². The Bertz CT molecular complexity index is 618. The quantitative estimate of drug-likeness (QED) is 0.912. The average molecular weight is 282 g/mol. The molecule has 0 aromatic heterocycles. The molecule has 21 heavy (non-hydrogen) atoms. The molecule has 0 saturated carbocycles. The van der Waals surface area contributed by atoms with E-state index in [0.29, 0.717) is 5.92 Å². The molecule has 0 spiro atoms. The molecule has 0 saturated heterocycles. The van der Waals surface area contributed by atoms with Crippen LogP contribution in [0.2, 0.25) is 0 Å². The van der Waals surface area contributed by atoms with Gasteiger partial charge in [0.05, 0.1) is 0 Å². The number of aliphatic hydroxyl groups is 1. The molecule has 2 aromatic rings. The Kier molecular flexibility index (Phi) is 3.98. The molecule has 1 aliphatic rings. The lowest BCUT2D eigenvalue weighted by Gasteiger charge is -2.30. The third kappa shape index (κ3) is 2.96. The molecule has 1 aliphatic carbocycles. The first-order valence-electron chi connectivity index (χ1n) is 7.67. The molecule has 110 valence electrons. The number of hydrogen-bond acceptors (Lipinski definition) is 2. The summed E-state index contributed by atoms with van der Waals surface area (Å²) < 4.78 is 6.07. The van der Waals surface area contributed by atoms with E-state index in [1.54, 1.807) is 0 Å². The van der Waals surface area contributed by atoms with Crippen molar-refractivity contribution in [3.05, 3.63) is 65.2 Å². The Hall–Kier alpha value is -1.80. The molecule has 2 atom stereocenters. The van der Waals surface area contributed by atoms with E-state index >= 15 is 0 Å². The third-order valence-electron chi connectivity index (χ3n) is 4.24. The van der Waals surface area contributed by atoms with Crippen LogP contribution in [0.5, 0.6) is 5.75 Å². The Morgan fingerprint density at radius 3 is 2.71 bits per heavy atom. The van der Waals surface area contributed by atoms with E-state index in [-0.39, 0.29) is 6.10 Å². The van der Waals surface area contributed by atoms with Gasteiger partial charge in [0.15, 0.2) is 0 Å². The Balaban J connectivity index is 1.79. The smallest absolute Gasteiger partial charge is 0.129 e. The van der Waals surface area contributed by atoms with Gasteiger partial charge in [0.1, 0.15) is 18.0 Å². The first-order chi connectivity index (χ1) is 10.1. The highest BCUT2D eigenvalue weighted by atomic mass is 16.5. The van der Waals surface area contributed by atoms with Crippen LogP contribution in [0.1, 0.15) is 49.0 Å². The van der Waals surface area contributed by atoms with Crippen LogP contribution in [0.15, 0.2) is 48.5 Å². The zero-order valence-corrected chi connectivity index (χ0v) is 12.6. The van der Waals surface area contributed by atoms with E-state index in [4.69, 9.17) is 4.74 Å². The van der Waals surface area contributed by atoms with Crippen LogP contribution in [0.3, 0.4) is 0 Å². The van der Waals surface area contributed by atoms with Gasteiger partial charge >= 0.3 is 0 Å². The van der Waals surface area contributed by atoms with Gasteiger partial charge in [-0.15, -0.1) is 0 Å². The van der Waals surface area contributed by atoms with Crippen molar-refractivity contribution in [2.24, 2.45) is 0 Å². The van der Waals surface area contributed by atoms with Crippen molar-refractivity contribution in [3.63, 3.8) is 0 Å². The zero-order valence-electron chi connectivity index (χ0n) is 12.6. The highest BCUT2D eigenvalue weighted by Gasteiger charge is 2.29. The maximum absolute atomic E-state index is 10.5. The molecule has 2 heteroatoms. The lowest BCUT2D eigenvalue weighted by molar-refractivity contribution is 0.0230. The molecule has 2 nitrogen and oxygen atoms in total. The maximum Gasteiger partial charge on any atom is 0.129 e. The zero-order chi connectivity index (χ0) is 14.8.